The van der Waals surface area contributed by atoms with Crippen LogP contribution in [-0.4, -0.2) is 92.8 Å². The maximum absolute atomic E-state index is 13.1. The lowest BCUT2D eigenvalue weighted by Gasteiger charge is -2.43. The summed E-state index contributed by atoms with van der Waals surface area (Å²) in [6, 6.07) is -0.181. The summed E-state index contributed by atoms with van der Waals surface area (Å²) in [7, 11) is 0. The van der Waals surface area contributed by atoms with Gasteiger partial charge in [0.05, 0.1) is 18.8 Å². The van der Waals surface area contributed by atoms with Crippen LogP contribution in [0.1, 0.15) is 79.1 Å². The number of likely N-dealkylation sites (tertiary alicyclic amines) is 1. The van der Waals surface area contributed by atoms with Crippen LogP contribution in [0.3, 0.4) is 0 Å². The molecular weight excluding hydrogens is 396 g/mol. The smallest absolute Gasteiger partial charge is 0.228 e. The molecule has 0 unspecified atom stereocenters. The van der Waals surface area contributed by atoms with Crippen molar-refractivity contribution in [3.8, 4) is 0 Å². The molecule has 2 aliphatic rings. The SMILES string of the molecule is C[C@H]1CCCC[C@H]1N(CCCCCCN1C[C@H](O)[C@@H](O)[C@H](O)[C@H]1CO)C(=O)C(C)(C)C. The zero-order valence-electron chi connectivity index (χ0n) is 20.0. The van der Waals surface area contributed by atoms with Crippen LogP contribution in [0.2, 0.25) is 0 Å². The molecule has 0 bridgehead atoms. The molecule has 4 N–H and O–H groups in total. The molecule has 1 saturated carbocycles. The fourth-order valence-corrected chi connectivity index (χ4v) is 5.19. The number of hydrogen-bond donors (Lipinski definition) is 4. The zero-order valence-corrected chi connectivity index (χ0v) is 20.0. The van der Waals surface area contributed by atoms with Crippen LogP contribution in [-0.2, 0) is 4.79 Å². The van der Waals surface area contributed by atoms with Crippen molar-refractivity contribution >= 4 is 5.91 Å². The second kappa shape index (κ2) is 11.9. The van der Waals surface area contributed by atoms with Gasteiger partial charge in [-0.15, -0.1) is 0 Å². The van der Waals surface area contributed by atoms with Gasteiger partial charge in [-0.1, -0.05) is 53.4 Å². The Labute approximate surface area is 188 Å². The molecular formula is C24H46N2O5. The third-order valence-electron chi connectivity index (χ3n) is 7.18. The molecule has 0 aromatic heterocycles. The molecule has 2 fully saturated rings. The van der Waals surface area contributed by atoms with Crippen LogP contribution >= 0.6 is 0 Å². The van der Waals surface area contributed by atoms with Crippen LogP contribution in [0, 0.1) is 11.3 Å². The van der Waals surface area contributed by atoms with Crippen molar-refractivity contribution in [2.24, 2.45) is 11.3 Å². The Balaban J connectivity index is 1.80. The van der Waals surface area contributed by atoms with E-state index in [0.29, 0.717) is 18.5 Å². The number of piperidine rings is 1. The van der Waals surface area contributed by atoms with E-state index < -0.39 is 24.4 Å². The number of β-amino-alcohol motifs (C(OH)–C–C–N with tert-alkyl or cyclic N) is 1. The van der Waals surface area contributed by atoms with Crippen LogP contribution in [0.15, 0.2) is 0 Å². The van der Waals surface area contributed by atoms with Gasteiger partial charge in [0.2, 0.25) is 5.91 Å². The van der Waals surface area contributed by atoms with E-state index in [4.69, 9.17) is 0 Å². The number of amides is 1. The minimum atomic E-state index is -1.21. The van der Waals surface area contributed by atoms with Gasteiger partial charge in [-0.05, 0) is 38.1 Å². The van der Waals surface area contributed by atoms with E-state index in [0.717, 1.165) is 38.6 Å². The van der Waals surface area contributed by atoms with E-state index in [1.165, 1.54) is 19.3 Å². The standard InChI is InChI=1S/C24H46N2O5/c1-17-11-7-8-12-18(17)26(23(31)24(2,3)4)14-10-6-5-9-13-25-15-20(28)22(30)21(29)19(25)16-27/h17-22,27-30H,5-16H2,1-4H3/t17-,18+,19+,20-,21+,22+/m0/s1. The molecule has 31 heavy (non-hydrogen) atoms. The van der Waals surface area contributed by atoms with Crippen LogP contribution < -0.4 is 0 Å². The highest BCUT2D eigenvalue weighted by molar-refractivity contribution is 5.81. The summed E-state index contributed by atoms with van der Waals surface area (Å²) in [6.45, 7) is 9.78. The van der Waals surface area contributed by atoms with E-state index in [9.17, 15) is 25.2 Å². The highest BCUT2D eigenvalue weighted by Crippen LogP contribution is 2.31. The van der Waals surface area contributed by atoms with Gasteiger partial charge in [-0.2, -0.15) is 0 Å². The topological polar surface area (TPSA) is 104 Å². The Kier molecular flexibility index (Phi) is 10.2. The van der Waals surface area contributed by atoms with Gasteiger partial charge < -0.3 is 25.3 Å². The number of nitrogens with zero attached hydrogens (tertiary/aromatic N) is 2. The number of unbranched alkanes of at least 4 members (excludes halogenated alkanes) is 3. The molecule has 2 rings (SSSR count). The van der Waals surface area contributed by atoms with Crippen molar-refractivity contribution in [3.63, 3.8) is 0 Å². The average Bonchev–Trinajstić information content (AvgIpc) is 2.71. The molecule has 1 heterocycles. The second-order valence-corrected chi connectivity index (χ2v) is 10.8. The Morgan fingerprint density at radius 3 is 2.26 bits per heavy atom. The van der Waals surface area contributed by atoms with Crippen molar-refractivity contribution in [3.05, 3.63) is 0 Å². The Morgan fingerprint density at radius 1 is 1.00 bits per heavy atom. The summed E-state index contributed by atoms with van der Waals surface area (Å²) in [5.41, 5.74) is -0.364. The maximum Gasteiger partial charge on any atom is 0.228 e. The predicted octanol–water partition coefficient (Wildman–Crippen LogP) is 1.76. The van der Waals surface area contributed by atoms with Crippen LogP contribution in [0.4, 0.5) is 0 Å². The highest BCUT2D eigenvalue weighted by atomic mass is 16.4. The molecule has 0 aromatic carbocycles. The Hall–Kier alpha value is -0.730. The normalized spacial score (nSPS) is 32.8. The third kappa shape index (κ3) is 7.13. The Bertz CT molecular complexity index is 553. The molecule has 0 radical (unpaired) electrons. The van der Waals surface area contributed by atoms with Crippen LogP contribution in [0.25, 0.3) is 0 Å². The van der Waals surface area contributed by atoms with Crippen molar-refractivity contribution in [2.45, 2.75) is 109 Å². The molecule has 1 saturated heterocycles. The van der Waals surface area contributed by atoms with Gasteiger partial charge in [-0.25, -0.2) is 0 Å². The molecule has 0 aromatic rings. The van der Waals surface area contributed by atoms with E-state index in [1.807, 2.05) is 25.7 Å². The first kappa shape index (κ1) is 26.5. The molecule has 182 valence electrons. The van der Waals surface area contributed by atoms with Crippen molar-refractivity contribution < 1.29 is 25.2 Å². The van der Waals surface area contributed by atoms with Crippen molar-refractivity contribution in [1.82, 2.24) is 9.80 Å². The first-order valence-electron chi connectivity index (χ1n) is 12.3. The number of aliphatic hydroxyl groups excluding tert-OH is 4. The summed E-state index contributed by atoms with van der Waals surface area (Å²) < 4.78 is 0. The highest BCUT2D eigenvalue weighted by Gasteiger charge is 2.40. The monoisotopic (exact) mass is 442 g/mol. The lowest BCUT2D eigenvalue weighted by Crippen LogP contribution is -2.62. The van der Waals surface area contributed by atoms with Gasteiger partial charge in [0.15, 0.2) is 0 Å². The van der Waals surface area contributed by atoms with Crippen LogP contribution in [0.5, 0.6) is 0 Å². The number of rotatable bonds is 9. The number of hydrogen-bond acceptors (Lipinski definition) is 6. The second-order valence-electron chi connectivity index (χ2n) is 10.8. The fraction of sp³-hybridized carbons (Fsp3) is 0.958. The minimum absolute atomic E-state index is 0.242. The molecule has 1 aliphatic carbocycles. The zero-order chi connectivity index (χ0) is 23.2. The summed E-state index contributed by atoms with van der Waals surface area (Å²) in [6.07, 6.45) is 5.30. The number of aliphatic hydroxyl groups is 4. The molecule has 7 nitrogen and oxygen atoms in total. The maximum atomic E-state index is 13.1. The van der Waals surface area contributed by atoms with Gasteiger partial charge in [0, 0.05) is 24.5 Å². The third-order valence-corrected chi connectivity index (χ3v) is 7.18. The first-order chi connectivity index (χ1) is 14.6. The van der Waals surface area contributed by atoms with E-state index in [1.54, 1.807) is 0 Å². The lowest BCUT2D eigenvalue weighted by molar-refractivity contribution is -0.145. The Morgan fingerprint density at radius 2 is 1.65 bits per heavy atom. The first-order valence-corrected chi connectivity index (χ1v) is 12.3. The summed E-state index contributed by atoms with van der Waals surface area (Å²) in [5, 5.41) is 39.4. The van der Waals surface area contributed by atoms with Gasteiger partial charge in [0.25, 0.3) is 0 Å². The molecule has 7 heteroatoms. The van der Waals surface area contributed by atoms with Gasteiger partial charge in [-0.3, -0.25) is 9.69 Å². The lowest BCUT2D eigenvalue weighted by atomic mass is 9.83. The molecule has 1 aliphatic heterocycles. The van der Waals surface area contributed by atoms with E-state index >= 15 is 0 Å². The quantitative estimate of drug-likeness (QED) is 0.406. The van der Waals surface area contributed by atoms with Gasteiger partial charge in [0.1, 0.15) is 12.2 Å². The average molecular weight is 443 g/mol. The predicted molar refractivity (Wildman–Crippen MR) is 122 cm³/mol. The molecule has 6 atom stereocenters. The fourth-order valence-electron chi connectivity index (χ4n) is 5.19. The van der Waals surface area contributed by atoms with E-state index in [-0.39, 0.29) is 24.5 Å². The minimum Gasteiger partial charge on any atom is -0.395 e. The molecule has 1 amide bonds. The number of carbonyl (C=O) groups is 1. The van der Waals surface area contributed by atoms with Gasteiger partial charge >= 0.3 is 0 Å². The summed E-state index contributed by atoms with van der Waals surface area (Å²) >= 11 is 0. The van der Waals surface area contributed by atoms with Crippen molar-refractivity contribution in [1.29, 1.82) is 0 Å². The largest absolute Gasteiger partial charge is 0.395 e. The summed E-state index contributed by atoms with van der Waals surface area (Å²) in [5.74, 6) is 0.814. The molecule has 0 spiro atoms. The van der Waals surface area contributed by atoms with Crippen molar-refractivity contribution in [2.75, 3.05) is 26.2 Å². The number of carbonyl (C=O) groups excluding carboxylic acids is 1. The van der Waals surface area contributed by atoms with E-state index in [2.05, 4.69) is 11.8 Å². The summed E-state index contributed by atoms with van der Waals surface area (Å²) in [4.78, 5) is 17.2.